The number of hydrogen-bond donors (Lipinski definition) is 4. The summed E-state index contributed by atoms with van der Waals surface area (Å²) in [5.74, 6) is 0. The van der Waals surface area contributed by atoms with E-state index in [1.54, 1.807) is 0 Å². The normalized spacial score (nSPS) is 1.14. The third-order valence-corrected chi connectivity index (χ3v) is 0. The van der Waals surface area contributed by atoms with Crippen molar-refractivity contribution in [2.45, 2.75) is 44.6 Å². The summed E-state index contributed by atoms with van der Waals surface area (Å²) in [6.45, 7) is 0. The van der Waals surface area contributed by atoms with Gasteiger partial charge in [0.2, 0.25) is 0 Å². The standard InChI is InChI=1S/6CH4.2H2O2.O2.2H2O/c;;;;;;3*1-2;;/h6*1H4;2*1-2H;;2*1H2/p+4. The Labute approximate surface area is 93.5 Å². The Morgan fingerprint density at radius 1 is 0.500 bits per heavy atom. The lowest BCUT2D eigenvalue weighted by Gasteiger charge is -1.25. The van der Waals surface area contributed by atoms with Crippen molar-refractivity contribution in [1.29, 1.82) is 0 Å². The predicted molar refractivity (Wildman–Crippen MR) is 69.3 cm³/mol. The molecule has 0 aliphatic carbocycles. The van der Waals surface area contributed by atoms with E-state index in [1.165, 1.54) is 0 Å². The van der Waals surface area contributed by atoms with Crippen LogP contribution in [0, 0.1) is 9.93 Å². The van der Waals surface area contributed by atoms with E-state index in [4.69, 9.17) is 31.0 Å². The Kier molecular flexibility index (Phi) is 102000. The molecule has 0 fully saturated rings. The van der Waals surface area contributed by atoms with E-state index in [-0.39, 0.29) is 61.2 Å². The summed E-state index contributed by atoms with van der Waals surface area (Å²) in [6, 6.07) is 0. The Balaban J connectivity index is -0.000000000433. The molecule has 8 nitrogen and oxygen atoms in total. The van der Waals surface area contributed by atoms with Crippen LogP contribution in [-0.2, 0) is 0 Å². The molecule has 0 aromatic carbocycles. The van der Waals surface area contributed by atoms with Crippen molar-refractivity contribution in [1.82, 2.24) is 0 Å². The molecule has 0 amide bonds. The van der Waals surface area contributed by atoms with Crippen molar-refractivity contribution in [3.63, 3.8) is 0 Å². The molecule has 0 aliphatic rings. The van der Waals surface area contributed by atoms with Crippen LogP contribution in [0.3, 0.4) is 0 Å². The van der Waals surface area contributed by atoms with Gasteiger partial charge in [-0.3, -0.25) is 21.0 Å². The van der Waals surface area contributed by atoms with E-state index in [0.29, 0.717) is 0 Å². The SMILES string of the molecule is C.C.C.C.C.C.O.O.O=O.OO.OO.[H+].[H+].[H+].[H+]. The van der Waals surface area contributed by atoms with Crippen molar-refractivity contribution < 1.29 is 37.7 Å². The van der Waals surface area contributed by atoms with Crippen LogP contribution in [0.25, 0.3) is 0 Å². The Morgan fingerprint density at radius 2 is 0.500 bits per heavy atom. The van der Waals surface area contributed by atoms with Gasteiger partial charge in [0, 0.05) is 9.93 Å². The van der Waals surface area contributed by atoms with Gasteiger partial charge in [-0.15, -0.1) is 0 Å². The third-order valence-electron chi connectivity index (χ3n) is 0. The van der Waals surface area contributed by atoms with E-state index < -0.39 is 0 Å². The first-order valence-electron chi connectivity index (χ1n) is 0.567. The van der Waals surface area contributed by atoms with Gasteiger partial charge in [0.15, 0.2) is 0 Å². The van der Waals surface area contributed by atoms with Crippen molar-refractivity contribution in [3.8, 4) is 0 Å². The zero-order valence-corrected chi connectivity index (χ0v) is 3.61. The smallest absolute Gasteiger partial charge is 0.412 e. The first-order valence-corrected chi connectivity index (χ1v) is 0.567. The van der Waals surface area contributed by atoms with Crippen molar-refractivity contribution >= 4 is 0 Å². The van der Waals surface area contributed by atoms with Gasteiger partial charge >= 0.3 is 5.71 Å². The van der Waals surface area contributed by atoms with Gasteiger partial charge in [-0.25, -0.2) is 0 Å². The van der Waals surface area contributed by atoms with Crippen LogP contribution in [0.4, 0.5) is 0 Å². The quantitative estimate of drug-likeness (QED) is 0.370. The molecule has 8 heteroatoms. The number of rotatable bonds is 0. The first-order chi connectivity index (χ1) is 3.00. The third kappa shape index (κ3) is 2980. The average molecular weight is 236 g/mol. The molecule has 14 heavy (non-hydrogen) atoms. The zero-order valence-electron chi connectivity index (χ0n) is 7.61. The highest BCUT2D eigenvalue weighted by molar-refractivity contribution is 4.07. The molecule has 104 valence electrons. The predicted octanol–water partition coefficient (Wildman–Crippen LogP) is 2.72. The fourth-order valence-corrected chi connectivity index (χ4v) is 0. The van der Waals surface area contributed by atoms with E-state index in [0.717, 1.165) is 0 Å². The molecule has 0 saturated carbocycles. The lowest BCUT2D eigenvalue weighted by Crippen LogP contribution is -1.29. The molecular formula is C6H36O8+4. The van der Waals surface area contributed by atoms with Crippen LogP contribution < -0.4 is 0 Å². The molecule has 0 spiro atoms. The van der Waals surface area contributed by atoms with Crippen LogP contribution >= 0.6 is 0 Å². The molecule has 0 bridgehead atoms. The minimum Gasteiger partial charge on any atom is -0.412 e. The topological polar surface area (TPSA) is 178 Å². The van der Waals surface area contributed by atoms with Crippen LogP contribution in [0.5, 0.6) is 0 Å². The second-order valence-electron chi connectivity index (χ2n) is 0. The summed E-state index contributed by atoms with van der Waals surface area (Å²) >= 11 is 0. The van der Waals surface area contributed by atoms with Gasteiger partial charge in [-0.2, -0.15) is 0 Å². The van der Waals surface area contributed by atoms with Gasteiger partial charge in [0.05, 0.1) is 0 Å². The Bertz CT molecular complexity index is 27.5. The second-order valence-corrected chi connectivity index (χ2v) is 0. The van der Waals surface area contributed by atoms with Gasteiger partial charge in [-0.05, 0) is 0 Å². The van der Waals surface area contributed by atoms with Crippen LogP contribution in [0.2, 0.25) is 0 Å². The summed E-state index contributed by atoms with van der Waals surface area (Å²) in [5.41, 5.74) is 0. The summed E-state index contributed by atoms with van der Waals surface area (Å²) in [4.78, 5) is 14.0. The van der Waals surface area contributed by atoms with Crippen molar-refractivity contribution in [2.75, 3.05) is 0 Å². The second kappa shape index (κ2) is 3890. The molecule has 0 aromatic rings. The van der Waals surface area contributed by atoms with E-state index in [9.17, 15) is 0 Å². The molecular weight excluding hydrogens is 200 g/mol. The lowest BCUT2D eigenvalue weighted by molar-refractivity contribution is -0.176. The van der Waals surface area contributed by atoms with Crippen LogP contribution in [-0.4, -0.2) is 32.0 Å². The number of hydrogen-bond acceptors (Lipinski definition) is 6. The van der Waals surface area contributed by atoms with Crippen LogP contribution in [0.15, 0.2) is 0 Å². The lowest BCUT2D eigenvalue weighted by atomic mass is 12.0. The largest absolute Gasteiger partial charge is 1.00 e. The van der Waals surface area contributed by atoms with E-state index >= 15 is 0 Å². The molecule has 0 rings (SSSR count). The summed E-state index contributed by atoms with van der Waals surface area (Å²) < 4.78 is 0. The van der Waals surface area contributed by atoms with Gasteiger partial charge < -0.3 is 11.0 Å². The molecule has 0 aliphatic heterocycles. The monoisotopic (exact) mass is 236 g/mol. The van der Waals surface area contributed by atoms with Crippen molar-refractivity contribution in [2.24, 2.45) is 0 Å². The molecule has 8 N–H and O–H groups in total. The summed E-state index contributed by atoms with van der Waals surface area (Å²) in [6.07, 6.45) is 0. The fraction of sp³-hybridized carbons (Fsp3) is 1.00. The molecule has 0 heterocycles. The molecule has 0 aromatic heterocycles. The highest BCUT2D eigenvalue weighted by atomic mass is 17.0. The first kappa shape index (κ1) is 366. The highest BCUT2D eigenvalue weighted by Crippen LogP contribution is 0.741. The molecule has 0 radical (unpaired) electrons. The van der Waals surface area contributed by atoms with E-state index in [2.05, 4.69) is 0 Å². The minimum atomic E-state index is 0. The van der Waals surface area contributed by atoms with Gasteiger partial charge in [0.1, 0.15) is 0 Å². The maximum atomic E-state index is 7.00. The highest BCUT2D eigenvalue weighted by Gasteiger charge is 0.748. The fourth-order valence-electron chi connectivity index (χ4n) is 0. The Morgan fingerprint density at radius 3 is 0.500 bits per heavy atom. The summed E-state index contributed by atoms with van der Waals surface area (Å²) in [5, 5.41) is 24.0. The minimum absolute atomic E-state index is 0. The Hall–Kier alpha value is -0.640. The van der Waals surface area contributed by atoms with Gasteiger partial charge in [0.25, 0.3) is 0 Å². The average Bonchev–Trinajstić information content (AvgIpc) is 1.81. The molecule has 0 unspecified atom stereocenters. The van der Waals surface area contributed by atoms with E-state index in [1.807, 2.05) is 0 Å². The maximum absolute atomic E-state index is 7.00. The summed E-state index contributed by atoms with van der Waals surface area (Å²) in [7, 11) is 0. The van der Waals surface area contributed by atoms with Crippen LogP contribution in [0.1, 0.15) is 50.3 Å². The molecule has 0 saturated heterocycles. The van der Waals surface area contributed by atoms with Crippen molar-refractivity contribution in [3.05, 3.63) is 9.93 Å². The molecule has 0 atom stereocenters. The zero-order chi connectivity index (χ0) is 6.00. The van der Waals surface area contributed by atoms with Gasteiger partial charge in [-0.1, -0.05) is 44.6 Å². The maximum Gasteiger partial charge on any atom is 1.00 e.